The molecule has 0 saturated carbocycles. The van der Waals surface area contributed by atoms with Crippen LogP contribution in [-0.2, 0) is 16.0 Å². The lowest BCUT2D eigenvalue weighted by molar-refractivity contribution is -0.00807. The van der Waals surface area contributed by atoms with E-state index in [9.17, 15) is 4.79 Å². The summed E-state index contributed by atoms with van der Waals surface area (Å²) >= 11 is 0. The highest BCUT2D eigenvalue weighted by molar-refractivity contribution is 5.99. The standard InChI is InChI=1S/C33H36N2O4/c1-33(2,3)39-32(36)35(25-16-18-38-19-17-25)22-23-14-15-30-29(20-23)28(21-31(34-30)37-4)27-13-9-8-12-26(27)24-10-6-5-7-11-24/h5-15,20-21,25H,16-19,22H2,1-4H3. The molecule has 0 bridgehead atoms. The smallest absolute Gasteiger partial charge is 0.410 e. The van der Waals surface area contributed by atoms with Gasteiger partial charge < -0.3 is 19.1 Å². The van der Waals surface area contributed by atoms with E-state index in [-0.39, 0.29) is 12.1 Å². The van der Waals surface area contributed by atoms with E-state index in [0.717, 1.165) is 51.6 Å². The maximum absolute atomic E-state index is 13.3. The number of carbonyl (C=O) groups is 1. The lowest BCUT2D eigenvalue weighted by atomic mass is 9.92. The van der Waals surface area contributed by atoms with Gasteiger partial charge in [-0.2, -0.15) is 0 Å². The Morgan fingerprint density at radius 1 is 0.923 bits per heavy atom. The number of ether oxygens (including phenoxy) is 3. The predicted octanol–water partition coefficient (Wildman–Crippen LogP) is 7.49. The molecule has 6 nitrogen and oxygen atoms in total. The van der Waals surface area contributed by atoms with Gasteiger partial charge in [-0.05, 0) is 73.6 Å². The molecule has 39 heavy (non-hydrogen) atoms. The molecule has 0 atom stereocenters. The number of rotatable bonds is 6. The minimum absolute atomic E-state index is 0.0663. The van der Waals surface area contributed by atoms with Crippen molar-refractivity contribution >= 4 is 17.0 Å². The Kier molecular flexibility index (Phi) is 7.84. The van der Waals surface area contributed by atoms with Crippen molar-refractivity contribution in [2.24, 2.45) is 0 Å². The molecule has 0 radical (unpaired) electrons. The average molecular weight is 525 g/mol. The second-order valence-electron chi connectivity index (χ2n) is 10.9. The van der Waals surface area contributed by atoms with Crippen LogP contribution in [0.3, 0.4) is 0 Å². The van der Waals surface area contributed by atoms with Gasteiger partial charge in [0.1, 0.15) is 5.60 Å². The van der Waals surface area contributed by atoms with Gasteiger partial charge in [-0.3, -0.25) is 0 Å². The van der Waals surface area contributed by atoms with E-state index in [4.69, 9.17) is 19.2 Å². The van der Waals surface area contributed by atoms with E-state index in [1.54, 1.807) is 7.11 Å². The van der Waals surface area contributed by atoms with Gasteiger partial charge in [-0.15, -0.1) is 0 Å². The van der Waals surface area contributed by atoms with E-state index in [1.165, 1.54) is 0 Å². The lowest BCUT2D eigenvalue weighted by Gasteiger charge is -2.35. The highest BCUT2D eigenvalue weighted by atomic mass is 16.6. The molecule has 1 aliphatic heterocycles. The second kappa shape index (κ2) is 11.5. The van der Waals surface area contributed by atoms with E-state index in [1.807, 2.05) is 49.9 Å². The summed E-state index contributed by atoms with van der Waals surface area (Å²) in [6.07, 6.45) is 1.29. The van der Waals surface area contributed by atoms with Gasteiger partial charge >= 0.3 is 6.09 Å². The van der Waals surface area contributed by atoms with Gasteiger partial charge in [0.05, 0.1) is 12.6 Å². The van der Waals surface area contributed by atoms with Crippen molar-refractivity contribution < 1.29 is 19.0 Å². The van der Waals surface area contributed by atoms with Gasteiger partial charge in [-0.1, -0.05) is 60.7 Å². The van der Waals surface area contributed by atoms with Crippen LogP contribution < -0.4 is 4.74 Å². The number of amides is 1. The van der Waals surface area contributed by atoms with Crippen LogP contribution in [0.25, 0.3) is 33.2 Å². The first kappa shape index (κ1) is 26.7. The molecule has 1 fully saturated rings. The zero-order valence-electron chi connectivity index (χ0n) is 23.1. The van der Waals surface area contributed by atoms with Crippen LogP contribution in [0.4, 0.5) is 4.79 Å². The molecular formula is C33H36N2O4. The highest BCUT2D eigenvalue weighted by Crippen LogP contribution is 2.38. The summed E-state index contributed by atoms with van der Waals surface area (Å²) in [5.74, 6) is 0.561. The molecule has 6 heteroatoms. The van der Waals surface area contributed by atoms with Crippen molar-refractivity contribution in [3.8, 4) is 28.1 Å². The summed E-state index contributed by atoms with van der Waals surface area (Å²) in [7, 11) is 1.64. The molecular weight excluding hydrogens is 488 g/mol. The van der Waals surface area contributed by atoms with Crippen LogP contribution in [0, 0.1) is 0 Å². The number of benzene rings is 3. The Morgan fingerprint density at radius 2 is 1.62 bits per heavy atom. The Bertz CT molecular complexity index is 1440. The monoisotopic (exact) mass is 524 g/mol. The molecule has 1 saturated heterocycles. The van der Waals surface area contributed by atoms with E-state index >= 15 is 0 Å². The number of hydrogen-bond donors (Lipinski definition) is 0. The maximum atomic E-state index is 13.3. The molecule has 202 valence electrons. The predicted molar refractivity (Wildman–Crippen MR) is 155 cm³/mol. The quantitative estimate of drug-likeness (QED) is 0.261. The highest BCUT2D eigenvalue weighted by Gasteiger charge is 2.30. The molecule has 1 amide bonds. The van der Waals surface area contributed by atoms with Gasteiger partial charge in [0.25, 0.3) is 0 Å². The molecule has 1 aromatic heterocycles. The first-order chi connectivity index (χ1) is 18.8. The largest absolute Gasteiger partial charge is 0.481 e. The molecule has 3 aromatic carbocycles. The van der Waals surface area contributed by atoms with Gasteiger partial charge in [0.2, 0.25) is 5.88 Å². The Hall–Kier alpha value is -3.90. The first-order valence-electron chi connectivity index (χ1n) is 13.5. The van der Waals surface area contributed by atoms with E-state index < -0.39 is 5.60 Å². The van der Waals surface area contributed by atoms with Crippen molar-refractivity contribution in [2.75, 3.05) is 20.3 Å². The van der Waals surface area contributed by atoms with Crippen LogP contribution in [0.15, 0.2) is 78.9 Å². The van der Waals surface area contributed by atoms with E-state index in [2.05, 4.69) is 54.6 Å². The third kappa shape index (κ3) is 6.23. The van der Waals surface area contributed by atoms with Crippen molar-refractivity contribution in [1.29, 1.82) is 0 Å². The summed E-state index contributed by atoms with van der Waals surface area (Å²) < 4.78 is 17.0. The Morgan fingerprint density at radius 3 is 2.31 bits per heavy atom. The first-order valence-corrected chi connectivity index (χ1v) is 13.5. The molecule has 4 aromatic rings. The minimum Gasteiger partial charge on any atom is -0.481 e. The molecule has 5 rings (SSSR count). The number of hydrogen-bond acceptors (Lipinski definition) is 5. The second-order valence-corrected chi connectivity index (χ2v) is 10.9. The zero-order chi connectivity index (χ0) is 27.4. The fourth-order valence-corrected chi connectivity index (χ4v) is 5.12. The third-order valence-corrected chi connectivity index (χ3v) is 6.97. The summed E-state index contributed by atoms with van der Waals surface area (Å²) in [5.41, 5.74) is 5.70. The Balaban J connectivity index is 1.59. The Labute approximate surface area is 230 Å². The number of methoxy groups -OCH3 is 1. The van der Waals surface area contributed by atoms with Crippen LogP contribution in [0.5, 0.6) is 5.88 Å². The molecule has 0 N–H and O–H groups in total. The molecule has 0 aliphatic carbocycles. The van der Waals surface area contributed by atoms with Gasteiger partial charge in [0, 0.05) is 37.3 Å². The molecule has 2 heterocycles. The molecule has 0 unspecified atom stereocenters. The van der Waals surface area contributed by atoms with Crippen molar-refractivity contribution in [3.63, 3.8) is 0 Å². The van der Waals surface area contributed by atoms with Crippen LogP contribution in [0.1, 0.15) is 39.2 Å². The van der Waals surface area contributed by atoms with Crippen LogP contribution >= 0.6 is 0 Å². The molecule has 0 spiro atoms. The topological polar surface area (TPSA) is 60.9 Å². The summed E-state index contributed by atoms with van der Waals surface area (Å²) in [6, 6.07) is 27.0. The van der Waals surface area contributed by atoms with Crippen LogP contribution in [-0.4, -0.2) is 47.9 Å². The number of nitrogens with zero attached hydrogens (tertiary/aromatic N) is 2. The van der Waals surface area contributed by atoms with Gasteiger partial charge in [-0.25, -0.2) is 9.78 Å². The van der Waals surface area contributed by atoms with Crippen molar-refractivity contribution in [2.45, 2.75) is 51.8 Å². The lowest BCUT2D eigenvalue weighted by Crippen LogP contribution is -2.45. The minimum atomic E-state index is -0.571. The summed E-state index contributed by atoms with van der Waals surface area (Å²) in [5, 5.41) is 1.01. The number of carbonyl (C=O) groups excluding carboxylic acids is 1. The fraction of sp³-hybridized carbons (Fsp3) is 0.333. The zero-order valence-corrected chi connectivity index (χ0v) is 23.1. The average Bonchev–Trinajstić information content (AvgIpc) is 2.95. The van der Waals surface area contributed by atoms with Crippen molar-refractivity contribution in [3.05, 3.63) is 84.4 Å². The normalized spacial score (nSPS) is 14.3. The maximum Gasteiger partial charge on any atom is 0.410 e. The van der Waals surface area contributed by atoms with Gasteiger partial charge in [0.15, 0.2) is 0 Å². The number of fused-ring (bicyclic) bond motifs is 1. The SMILES string of the molecule is COc1cc(-c2ccccc2-c2ccccc2)c2cc(CN(C(=O)OC(C)(C)C)C3CCOCC3)ccc2n1. The van der Waals surface area contributed by atoms with E-state index in [0.29, 0.717) is 25.6 Å². The number of pyridine rings is 1. The third-order valence-electron chi connectivity index (χ3n) is 6.97. The number of aromatic nitrogens is 1. The fourth-order valence-electron chi connectivity index (χ4n) is 5.12. The van der Waals surface area contributed by atoms with Crippen molar-refractivity contribution in [1.82, 2.24) is 9.88 Å². The molecule has 1 aliphatic rings. The summed E-state index contributed by atoms with van der Waals surface area (Å²) in [6.45, 7) is 7.44. The van der Waals surface area contributed by atoms with Crippen LogP contribution in [0.2, 0.25) is 0 Å². The summed E-state index contributed by atoms with van der Waals surface area (Å²) in [4.78, 5) is 19.9.